The molecule has 0 aromatic heterocycles. The van der Waals surface area contributed by atoms with E-state index >= 15 is 0 Å². The zero-order valence-corrected chi connectivity index (χ0v) is 15.2. The Balaban J connectivity index is 1.81. The third-order valence-corrected chi connectivity index (χ3v) is 4.79. The van der Waals surface area contributed by atoms with E-state index in [-0.39, 0.29) is 4.90 Å². The fraction of sp³-hybridized carbons (Fsp3) is 0.167. The Labute approximate surface area is 156 Å². The number of carbonyl (C=O) groups excluding carboxylic acids is 2. The van der Waals surface area contributed by atoms with Gasteiger partial charge in [0.1, 0.15) is 6.54 Å². The highest BCUT2D eigenvalue weighted by Gasteiger charge is 2.16. The number of hydrogen-bond acceptors (Lipinski definition) is 6. The van der Waals surface area contributed by atoms with E-state index in [1.54, 1.807) is 30.3 Å². The lowest BCUT2D eigenvalue weighted by Crippen LogP contribution is -2.32. The van der Waals surface area contributed by atoms with Crippen molar-refractivity contribution in [2.24, 2.45) is 0 Å². The number of nitriles is 1. The summed E-state index contributed by atoms with van der Waals surface area (Å²) in [4.78, 5) is 23.4. The minimum absolute atomic E-state index is 0.0241. The smallest absolute Gasteiger partial charge is 0.321 e. The van der Waals surface area contributed by atoms with Gasteiger partial charge in [-0.3, -0.25) is 9.59 Å². The van der Waals surface area contributed by atoms with Crippen molar-refractivity contribution in [2.75, 3.05) is 18.5 Å². The van der Waals surface area contributed by atoms with Gasteiger partial charge in [-0.25, -0.2) is 8.42 Å². The first-order valence-corrected chi connectivity index (χ1v) is 9.30. The maximum Gasteiger partial charge on any atom is 0.321 e. The van der Waals surface area contributed by atoms with Crippen LogP contribution in [0, 0.1) is 18.3 Å². The number of carbonyl (C=O) groups is 2. The number of hydrogen-bond donors (Lipinski definition) is 2. The van der Waals surface area contributed by atoms with Gasteiger partial charge in [0.25, 0.3) is 5.91 Å². The van der Waals surface area contributed by atoms with E-state index < -0.39 is 35.1 Å². The normalized spacial score (nSPS) is 10.7. The molecule has 0 radical (unpaired) electrons. The van der Waals surface area contributed by atoms with E-state index in [1.807, 2.05) is 13.0 Å². The molecule has 0 fully saturated rings. The highest BCUT2D eigenvalue weighted by Crippen LogP contribution is 2.10. The van der Waals surface area contributed by atoms with Crippen molar-refractivity contribution in [1.82, 2.24) is 4.72 Å². The molecule has 0 aliphatic rings. The molecule has 0 bridgehead atoms. The molecular weight excluding hydrogens is 370 g/mol. The first-order chi connectivity index (χ1) is 12.8. The van der Waals surface area contributed by atoms with Crippen molar-refractivity contribution in [2.45, 2.75) is 11.8 Å². The number of benzene rings is 2. The van der Waals surface area contributed by atoms with Gasteiger partial charge < -0.3 is 10.1 Å². The first kappa shape index (κ1) is 20.1. The Hall–Kier alpha value is -3.22. The number of nitrogens with zero attached hydrogens (tertiary/aromatic N) is 1. The maximum atomic E-state index is 12.1. The second kappa shape index (κ2) is 8.93. The second-order valence-electron chi connectivity index (χ2n) is 5.54. The van der Waals surface area contributed by atoms with Crippen LogP contribution in [0.3, 0.4) is 0 Å². The average Bonchev–Trinajstić information content (AvgIpc) is 2.65. The molecule has 0 saturated carbocycles. The summed E-state index contributed by atoms with van der Waals surface area (Å²) in [7, 11) is -3.85. The Morgan fingerprint density at radius 3 is 2.52 bits per heavy atom. The van der Waals surface area contributed by atoms with Crippen LogP contribution in [0.15, 0.2) is 53.4 Å². The third kappa shape index (κ3) is 6.22. The molecule has 0 aliphatic heterocycles. The predicted molar refractivity (Wildman–Crippen MR) is 97.1 cm³/mol. The Bertz CT molecular complexity index is 979. The summed E-state index contributed by atoms with van der Waals surface area (Å²) in [6, 6.07) is 14.3. The van der Waals surface area contributed by atoms with Crippen LogP contribution in [0.1, 0.15) is 11.1 Å². The summed E-state index contributed by atoms with van der Waals surface area (Å²) < 4.78 is 31.0. The standard InChI is InChI=1S/C18H17N3O5S/c1-13-5-7-16(8-6-13)27(24,25)20-11-18(23)26-12-17(22)21-15-4-2-3-14(9-15)10-19/h2-9,20H,11-12H2,1H3,(H,21,22). The number of aryl methyl sites for hydroxylation is 1. The number of ether oxygens (including phenoxy) is 1. The van der Waals surface area contributed by atoms with Crippen LogP contribution < -0.4 is 10.0 Å². The van der Waals surface area contributed by atoms with Gasteiger partial charge in [0.05, 0.1) is 16.5 Å². The molecule has 1 amide bonds. The van der Waals surface area contributed by atoms with Crippen molar-refractivity contribution in [3.8, 4) is 6.07 Å². The topological polar surface area (TPSA) is 125 Å². The molecule has 0 saturated heterocycles. The summed E-state index contributed by atoms with van der Waals surface area (Å²) >= 11 is 0. The Morgan fingerprint density at radius 2 is 1.85 bits per heavy atom. The largest absolute Gasteiger partial charge is 0.455 e. The maximum absolute atomic E-state index is 12.1. The number of nitrogens with one attached hydrogen (secondary N) is 2. The lowest BCUT2D eigenvalue weighted by molar-refractivity contribution is -0.146. The Kier molecular flexibility index (Phi) is 6.65. The minimum atomic E-state index is -3.85. The summed E-state index contributed by atoms with van der Waals surface area (Å²) in [6.45, 7) is 0.637. The SMILES string of the molecule is Cc1ccc(S(=O)(=O)NCC(=O)OCC(=O)Nc2cccc(C#N)c2)cc1. The third-order valence-electron chi connectivity index (χ3n) is 3.38. The molecular formula is C18H17N3O5S. The molecule has 2 aromatic carbocycles. The molecule has 2 aromatic rings. The van der Waals surface area contributed by atoms with E-state index in [0.717, 1.165) is 5.56 Å². The van der Waals surface area contributed by atoms with Gasteiger partial charge in [0.2, 0.25) is 10.0 Å². The van der Waals surface area contributed by atoms with Crippen LogP contribution in [-0.2, 0) is 24.3 Å². The summed E-state index contributed by atoms with van der Waals surface area (Å²) in [6.07, 6.45) is 0. The quantitative estimate of drug-likeness (QED) is 0.691. The fourth-order valence-electron chi connectivity index (χ4n) is 2.02. The summed E-state index contributed by atoms with van der Waals surface area (Å²) in [5.41, 5.74) is 1.66. The molecule has 27 heavy (non-hydrogen) atoms. The van der Waals surface area contributed by atoms with Crippen LogP contribution >= 0.6 is 0 Å². The summed E-state index contributed by atoms with van der Waals surface area (Å²) in [5, 5.41) is 11.3. The first-order valence-electron chi connectivity index (χ1n) is 7.82. The molecule has 2 rings (SSSR count). The van der Waals surface area contributed by atoms with Crippen molar-refractivity contribution in [3.05, 3.63) is 59.7 Å². The van der Waals surface area contributed by atoms with E-state index in [2.05, 4.69) is 10.0 Å². The van der Waals surface area contributed by atoms with Gasteiger partial charge in [0, 0.05) is 5.69 Å². The zero-order valence-electron chi connectivity index (χ0n) is 14.4. The van der Waals surface area contributed by atoms with Crippen LogP contribution in [0.4, 0.5) is 5.69 Å². The lowest BCUT2D eigenvalue weighted by Gasteiger charge is -2.08. The van der Waals surface area contributed by atoms with Gasteiger partial charge in [0.15, 0.2) is 6.61 Å². The van der Waals surface area contributed by atoms with Crippen molar-refractivity contribution in [3.63, 3.8) is 0 Å². The molecule has 0 aliphatic carbocycles. The number of esters is 1. The molecule has 8 nitrogen and oxygen atoms in total. The van der Waals surface area contributed by atoms with E-state index in [4.69, 9.17) is 10.00 Å². The molecule has 0 heterocycles. The van der Waals surface area contributed by atoms with Crippen molar-refractivity contribution >= 4 is 27.6 Å². The van der Waals surface area contributed by atoms with Gasteiger partial charge in [-0.1, -0.05) is 23.8 Å². The second-order valence-corrected chi connectivity index (χ2v) is 7.31. The highest BCUT2D eigenvalue weighted by molar-refractivity contribution is 7.89. The monoisotopic (exact) mass is 387 g/mol. The van der Waals surface area contributed by atoms with Crippen LogP contribution in [0.2, 0.25) is 0 Å². The van der Waals surface area contributed by atoms with Gasteiger partial charge in [-0.05, 0) is 37.3 Å². The van der Waals surface area contributed by atoms with E-state index in [9.17, 15) is 18.0 Å². The van der Waals surface area contributed by atoms with Crippen LogP contribution in [-0.4, -0.2) is 33.4 Å². The molecule has 9 heteroatoms. The van der Waals surface area contributed by atoms with Gasteiger partial charge >= 0.3 is 5.97 Å². The van der Waals surface area contributed by atoms with Crippen LogP contribution in [0.5, 0.6) is 0 Å². The Morgan fingerprint density at radius 1 is 1.15 bits per heavy atom. The molecule has 0 spiro atoms. The van der Waals surface area contributed by atoms with Crippen molar-refractivity contribution < 1.29 is 22.7 Å². The highest BCUT2D eigenvalue weighted by atomic mass is 32.2. The zero-order chi connectivity index (χ0) is 19.9. The molecule has 0 unspecified atom stereocenters. The molecule has 0 atom stereocenters. The van der Waals surface area contributed by atoms with Gasteiger partial charge in [-0.2, -0.15) is 9.98 Å². The van der Waals surface area contributed by atoms with Crippen LogP contribution in [0.25, 0.3) is 0 Å². The fourth-order valence-corrected chi connectivity index (χ4v) is 2.98. The molecule has 2 N–H and O–H groups in total. The minimum Gasteiger partial charge on any atom is -0.455 e. The number of sulfonamides is 1. The van der Waals surface area contributed by atoms with Gasteiger partial charge in [-0.15, -0.1) is 0 Å². The number of anilines is 1. The predicted octanol–water partition coefficient (Wildman–Crippen LogP) is 1.33. The number of amides is 1. The number of rotatable bonds is 7. The van der Waals surface area contributed by atoms with Crippen molar-refractivity contribution in [1.29, 1.82) is 5.26 Å². The molecule has 140 valence electrons. The average molecular weight is 387 g/mol. The van der Waals surface area contributed by atoms with E-state index in [0.29, 0.717) is 11.3 Å². The van der Waals surface area contributed by atoms with E-state index in [1.165, 1.54) is 18.2 Å². The summed E-state index contributed by atoms with van der Waals surface area (Å²) in [5.74, 6) is -1.51. The lowest BCUT2D eigenvalue weighted by atomic mass is 10.2.